The van der Waals surface area contributed by atoms with Crippen LogP contribution < -0.4 is 9.47 Å². The normalized spacial score (nSPS) is 18.1. The SMILES string of the molecule is CCN1CC(=Cc2ccc(OC)cc2)C(=O)/C(=C/c2ccc(OC)cc2)C1. The van der Waals surface area contributed by atoms with Crippen molar-refractivity contribution in [2.75, 3.05) is 33.9 Å². The number of rotatable bonds is 5. The second-order valence-corrected chi connectivity index (χ2v) is 6.52. The highest BCUT2D eigenvalue weighted by atomic mass is 16.5. The van der Waals surface area contributed by atoms with E-state index >= 15 is 0 Å². The van der Waals surface area contributed by atoms with Gasteiger partial charge in [-0.05, 0) is 54.1 Å². The Labute approximate surface area is 160 Å². The molecule has 0 amide bonds. The highest BCUT2D eigenvalue weighted by Crippen LogP contribution is 2.23. The van der Waals surface area contributed by atoms with Gasteiger partial charge in [-0.25, -0.2) is 0 Å². The first kappa shape index (κ1) is 18.9. The van der Waals surface area contributed by atoms with Crippen LogP contribution in [0.1, 0.15) is 18.1 Å². The van der Waals surface area contributed by atoms with Crippen molar-refractivity contribution in [3.63, 3.8) is 0 Å². The molecule has 1 saturated heterocycles. The molecule has 0 radical (unpaired) electrons. The molecule has 0 atom stereocenters. The van der Waals surface area contributed by atoms with Gasteiger partial charge in [-0.1, -0.05) is 31.2 Å². The molecule has 0 aliphatic carbocycles. The molecule has 0 bridgehead atoms. The summed E-state index contributed by atoms with van der Waals surface area (Å²) in [6.07, 6.45) is 3.96. The standard InChI is InChI=1S/C23H25NO3/c1-4-24-15-19(13-17-5-9-21(26-2)10-6-17)23(25)20(16-24)14-18-7-11-22(27-3)12-8-18/h5-14H,4,15-16H2,1-3H3/b19-13+,20-14?. The third-order valence-electron chi connectivity index (χ3n) is 4.73. The summed E-state index contributed by atoms with van der Waals surface area (Å²) in [5.41, 5.74) is 3.63. The van der Waals surface area contributed by atoms with E-state index in [2.05, 4.69) is 11.8 Å². The Morgan fingerprint density at radius 1 is 0.815 bits per heavy atom. The van der Waals surface area contributed by atoms with E-state index in [0.717, 1.165) is 40.3 Å². The second kappa shape index (κ2) is 8.69. The maximum atomic E-state index is 13.0. The maximum absolute atomic E-state index is 13.0. The number of nitrogens with zero attached hydrogens (tertiary/aromatic N) is 1. The zero-order chi connectivity index (χ0) is 19.2. The Morgan fingerprint density at radius 2 is 1.22 bits per heavy atom. The lowest BCUT2D eigenvalue weighted by molar-refractivity contribution is -0.113. The quantitative estimate of drug-likeness (QED) is 0.751. The van der Waals surface area contributed by atoms with E-state index in [1.807, 2.05) is 60.7 Å². The van der Waals surface area contributed by atoms with Gasteiger partial charge in [-0.15, -0.1) is 0 Å². The van der Waals surface area contributed by atoms with Crippen LogP contribution in [0.2, 0.25) is 0 Å². The first-order valence-corrected chi connectivity index (χ1v) is 9.09. The van der Waals surface area contributed by atoms with E-state index in [-0.39, 0.29) is 5.78 Å². The number of hydrogen-bond acceptors (Lipinski definition) is 4. The molecule has 1 aliphatic rings. The summed E-state index contributed by atoms with van der Waals surface area (Å²) in [4.78, 5) is 15.3. The van der Waals surface area contributed by atoms with E-state index in [1.165, 1.54) is 0 Å². The van der Waals surface area contributed by atoms with Gasteiger partial charge in [0.2, 0.25) is 0 Å². The van der Waals surface area contributed by atoms with Crippen LogP contribution in [0.25, 0.3) is 12.2 Å². The number of piperidine rings is 1. The number of carbonyl (C=O) groups is 1. The molecule has 4 nitrogen and oxygen atoms in total. The average Bonchev–Trinajstić information content (AvgIpc) is 2.72. The molecule has 3 rings (SSSR count). The highest BCUT2D eigenvalue weighted by Gasteiger charge is 2.25. The Balaban J connectivity index is 1.89. The van der Waals surface area contributed by atoms with E-state index in [4.69, 9.17) is 9.47 Å². The van der Waals surface area contributed by atoms with E-state index in [1.54, 1.807) is 14.2 Å². The van der Waals surface area contributed by atoms with Crippen LogP contribution in [0.5, 0.6) is 11.5 Å². The first-order chi connectivity index (χ1) is 13.1. The lowest BCUT2D eigenvalue weighted by atomic mass is 9.94. The Bertz CT molecular complexity index is 779. The lowest BCUT2D eigenvalue weighted by Gasteiger charge is -2.28. The smallest absolute Gasteiger partial charge is 0.187 e. The van der Waals surface area contributed by atoms with Crippen molar-refractivity contribution in [3.8, 4) is 11.5 Å². The van der Waals surface area contributed by atoms with Crippen LogP contribution >= 0.6 is 0 Å². The Hall–Kier alpha value is -2.85. The van der Waals surface area contributed by atoms with Gasteiger partial charge in [-0.3, -0.25) is 9.69 Å². The zero-order valence-electron chi connectivity index (χ0n) is 16.1. The summed E-state index contributed by atoms with van der Waals surface area (Å²) in [6.45, 7) is 4.35. The third-order valence-corrected chi connectivity index (χ3v) is 4.73. The predicted octanol–water partition coefficient (Wildman–Crippen LogP) is 4.08. The van der Waals surface area contributed by atoms with Crippen LogP contribution in [0, 0.1) is 0 Å². The van der Waals surface area contributed by atoms with Crippen molar-refractivity contribution in [1.29, 1.82) is 0 Å². The number of carbonyl (C=O) groups excluding carboxylic acids is 1. The number of ether oxygens (including phenoxy) is 2. The van der Waals surface area contributed by atoms with Crippen molar-refractivity contribution in [2.45, 2.75) is 6.92 Å². The van der Waals surface area contributed by atoms with Crippen molar-refractivity contribution < 1.29 is 14.3 Å². The highest BCUT2D eigenvalue weighted by molar-refractivity contribution is 6.14. The predicted molar refractivity (Wildman–Crippen MR) is 109 cm³/mol. The van der Waals surface area contributed by atoms with Crippen LogP contribution in [0.4, 0.5) is 0 Å². The minimum atomic E-state index is 0.117. The fourth-order valence-corrected chi connectivity index (χ4v) is 3.14. The van der Waals surface area contributed by atoms with E-state index in [9.17, 15) is 4.79 Å². The van der Waals surface area contributed by atoms with Gasteiger partial charge in [0.1, 0.15) is 11.5 Å². The fraction of sp³-hybridized carbons (Fsp3) is 0.261. The van der Waals surface area contributed by atoms with Gasteiger partial charge in [0.05, 0.1) is 14.2 Å². The number of likely N-dealkylation sites (N-methyl/N-ethyl adjacent to an activating group) is 1. The largest absolute Gasteiger partial charge is 0.497 e. The zero-order valence-corrected chi connectivity index (χ0v) is 16.1. The van der Waals surface area contributed by atoms with Crippen molar-refractivity contribution in [1.82, 2.24) is 4.90 Å². The summed E-state index contributed by atoms with van der Waals surface area (Å²) in [6, 6.07) is 15.5. The molecule has 27 heavy (non-hydrogen) atoms. The molecule has 4 heteroatoms. The maximum Gasteiger partial charge on any atom is 0.187 e. The number of Topliss-reactive ketones (excluding diaryl/α,β-unsaturated/α-hetero) is 1. The van der Waals surface area contributed by atoms with Crippen molar-refractivity contribution in [3.05, 3.63) is 70.8 Å². The fourth-order valence-electron chi connectivity index (χ4n) is 3.14. The van der Waals surface area contributed by atoms with Gasteiger partial charge < -0.3 is 9.47 Å². The molecule has 0 saturated carbocycles. The molecule has 1 aliphatic heterocycles. The number of ketones is 1. The van der Waals surface area contributed by atoms with Gasteiger partial charge >= 0.3 is 0 Å². The molecule has 2 aromatic rings. The average molecular weight is 363 g/mol. The molecule has 2 aromatic carbocycles. The molecule has 1 fully saturated rings. The molecular weight excluding hydrogens is 338 g/mol. The van der Waals surface area contributed by atoms with Gasteiger partial charge in [-0.2, -0.15) is 0 Å². The topological polar surface area (TPSA) is 38.8 Å². The first-order valence-electron chi connectivity index (χ1n) is 9.09. The van der Waals surface area contributed by atoms with Crippen LogP contribution in [0.15, 0.2) is 59.7 Å². The summed E-state index contributed by atoms with van der Waals surface area (Å²) >= 11 is 0. The number of benzene rings is 2. The molecule has 0 aromatic heterocycles. The molecular formula is C23H25NO3. The van der Waals surface area contributed by atoms with Crippen molar-refractivity contribution in [2.24, 2.45) is 0 Å². The van der Waals surface area contributed by atoms with Crippen LogP contribution in [-0.4, -0.2) is 44.5 Å². The number of hydrogen-bond donors (Lipinski definition) is 0. The van der Waals surface area contributed by atoms with Gasteiger partial charge in [0, 0.05) is 24.2 Å². The third kappa shape index (κ3) is 4.66. The summed E-state index contributed by atoms with van der Waals surface area (Å²) in [5.74, 6) is 1.73. The molecule has 140 valence electrons. The molecule has 0 unspecified atom stereocenters. The molecule has 1 heterocycles. The molecule has 0 spiro atoms. The summed E-state index contributed by atoms with van der Waals surface area (Å²) in [5, 5.41) is 0. The minimum Gasteiger partial charge on any atom is -0.497 e. The lowest BCUT2D eigenvalue weighted by Crippen LogP contribution is -2.37. The minimum absolute atomic E-state index is 0.117. The summed E-state index contributed by atoms with van der Waals surface area (Å²) < 4.78 is 10.4. The van der Waals surface area contributed by atoms with Gasteiger partial charge in [0.15, 0.2) is 5.78 Å². The monoisotopic (exact) mass is 363 g/mol. The number of likely N-dealkylation sites (tertiary alicyclic amines) is 1. The van der Waals surface area contributed by atoms with Gasteiger partial charge in [0.25, 0.3) is 0 Å². The van der Waals surface area contributed by atoms with E-state index in [0.29, 0.717) is 13.1 Å². The molecule has 0 N–H and O–H groups in total. The van der Waals surface area contributed by atoms with E-state index < -0.39 is 0 Å². The Morgan fingerprint density at radius 3 is 1.56 bits per heavy atom. The van der Waals surface area contributed by atoms with Crippen LogP contribution in [-0.2, 0) is 4.79 Å². The van der Waals surface area contributed by atoms with Crippen LogP contribution in [0.3, 0.4) is 0 Å². The number of methoxy groups -OCH3 is 2. The second-order valence-electron chi connectivity index (χ2n) is 6.52. The Kier molecular flexibility index (Phi) is 6.09. The van der Waals surface area contributed by atoms with Crippen molar-refractivity contribution >= 4 is 17.9 Å². The summed E-state index contributed by atoms with van der Waals surface area (Å²) in [7, 11) is 3.29.